The van der Waals surface area contributed by atoms with Crippen molar-refractivity contribution >= 4 is 11.9 Å². The van der Waals surface area contributed by atoms with Gasteiger partial charge in [0.1, 0.15) is 5.82 Å². The van der Waals surface area contributed by atoms with Gasteiger partial charge >= 0.3 is 5.97 Å². The Balaban J connectivity index is 1.50. The van der Waals surface area contributed by atoms with Crippen molar-refractivity contribution in [3.8, 4) is 0 Å². The van der Waals surface area contributed by atoms with Gasteiger partial charge in [0.05, 0.1) is 19.3 Å². The first-order valence-electron chi connectivity index (χ1n) is 8.86. The summed E-state index contributed by atoms with van der Waals surface area (Å²) >= 11 is 0. The molecule has 1 amide bonds. The number of benzene rings is 1. The molecule has 1 saturated carbocycles. The highest BCUT2D eigenvalue weighted by Crippen LogP contribution is 2.25. The Kier molecular flexibility index (Phi) is 5.80. The number of hydrogen-bond acceptors (Lipinski definition) is 5. The molecule has 0 unspecified atom stereocenters. The average Bonchev–Trinajstić information content (AvgIpc) is 3.04. The fraction of sp³-hybridized carbons (Fsp3) is 0.444. The van der Waals surface area contributed by atoms with Crippen molar-refractivity contribution in [2.75, 3.05) is 13.1 Å². The van der Waals surface area contributed by atoms with Gasteiger partial charge in [0, 0.05) is 12.1 Å². The maximum Gasteiger partial charge on any atom is 0.317 e. The maximum absolute atomic E-state index is 13.2. The van der Waals surface area contributed by atoms with E-state index in [1.807, 2.05) is 11.8 Å². The minimum absolute atomic E-state index is 0.00119. The van der Waals surface area contributed by atoms with E-state index < -0.39 is 5.97 Å². The van der Waals surface area contributed by atoms with E-state index >= 15 is 0 Å². The summed E-state index contributed by atoms with van der Waals surface area (Å²) in [6, 6.07) is 6.33. The summed E-state index contributed by atoms with van der Waals surface area (Å²) in [5, 5.41) is 19.6. The van der Waals surface area contributed by atoms with E-state index in [1.54, 1.807) is 12.1 Å². The number of amides is 1. The summed E-state index contributed by atoms with van der Waals surface area (Å²) in [7, 11) is 0. The van der Waals surface area contributed by atoms with Gasteiger partial charge in [0.25, 0.3) is 5.91 Å². The normalized spacial score (nSPS) is 18.9. The van der Waals surface area contributed by atoms with Gasteiger partial charge in [0.2, 0.25) is 0 Å². The van der Waals surface area contributed by atoms with E-state index in [2.05, 4.69) is 15.6 Å². The number of rotatable bonds is 8. The lowest BCUT2D eigenvalue weighted by Crippen LogP contribution is -2.54. The van der Waals surface area contributed by atoms with E-state index in [1.165, 1.54) is 23.0 Å². The maximum atomic E-state index is 13.2. The van der Waals surface area contributed by atoms with Crippen LogP contribution in [0.3, 0.4) is 0 Å². The number of carbonyl (C=O) groups excluding carboxylic acids is 1. The molecule has 144 valence electrons. The van der Waals surface area contributed by atoms with E-state index in [4.69, 9.17) is 5.11 Å². The first-order valence-corrected chi connectivity index (χ1v) is 8.86. The van der Waals surface area contributed by atoms with Crippen LogP contribution in [0.4, 0.5) is 4.39 Å². The summed E-state index contributed by atoms with van der Waals surface area (Å²) in [6.45, 7) is 2.91. The molecule has 1 aromatic carbocycles. The molecular weight excluding hydrogens is 353 g/mol. The van der Waals surface area contributed by atoms with Crippen molar-refractivity contribution < 1.29 is 19.1 Å². The van der Waals surface area contributed by atoms with Crippen molar-refractivity contribution in [2.24, 2.45) is 0 Å². The van der Waals surface area contributed by atoms with E-state index in [-0.39, 0.29) is 36.0 Å². The van der Waals surface area contributed by atoms with Crippen LogP contribution in [0.2, 0.25) is 0 Å². The molecule has 9 heteroatoms. The predicted molar refractivity (Wildman–Crippen MR) is 94.7 cm³/mol. The number of nitrogens with one attached hydrogen (secondary N) is 1. The number of halogens is 1. The molecule has 3 rings (SSSR count). The second kappa shape index (κ2) is 8.26. The first-order chi connectivity index (χ1) is 12.9. The zero-order chi connectivity index (χ0) is 19.4. The van der Waals surface area contributed by atoms with Gasteiger partial charge in [-0.15, -0.1) is 5.10 Å². The highest BCUT2D eigenvalue weighted by atomic mass is 19.1. The van der Waals surface area contributed by atoms with Gasteiger partial charge < -0.3 is 10.4 Å². The molecule has 1 aromatic heterocycles. The Morgan fingerprint density at radius 3 is 2.85 bits per heavy atom. The van der Waals surface area contributed by atoms with Crippen LogP contribution >= 0.6 is 0 Å². The lowest BCUT2D eigenvalue weighted by molar-refractivity contribution is -0.139. The van der Waals surface area contributed by atoms with Crippen molar-refractivity contribution in [3.63, 3.8) is 0 Å². The lowest BCUT2D eigenvalue weighted by atomic mass is 9.85. The number of likely N-dealkylation sites (N-methyl/N-ethyl adjacent to an activating group) is 1. The number of carboxylic acids is 1. The Bertz CT molecular complexity index is 819. The number of nitrogens with zero attached hydrogens (tertiary/aromatic N) is 4. The second-order valence-electron chi connectivity index (χ2n) is 6.68. The molecule has 1 fully saturated rings. The lowest BCUT2D eigenvalue weighted by Gasteiger charge is -2.42. The third kappa shape index (κ3) is 4.88. The molecule has 27 heavy (non-hydrogen) atoms. The molecular formula is C18H22FN5O3. The van der Waals surface area contributed by atoms with Gasteiger partial charge in [-0.1, -0.05) is 24.3 Å². The third-order valence-corrected chi connectivity index (χ3v) is 4.71. The van der Waals surface area contributed by atoms with Crippen LogP contribution in [0, 0.1) is 5.82 Å². The van der Waals surface area contributed by atoms with Crippen LogP contribution < -0.4 is 5.32 Å². The summed E-state index contributed by atoms with van der Waals surface area (Å²) < 4.78 is 14.7. The molecule has 2 aromatic rings. The number of aromatic nitrogens is 3. The fourth-order valence-electron chi connectivity index (χ4n) is 3.24. The first kappa shape index (κ1) is 19.0. The highest BCUT2D eigenvalue weighted by Gasteiger charge is 2.35. The van der Waals surface area contributed by atoms with E-state index in [0.29, 0.717) is 25.9 Å². The Labute approximate surface area is 156 Å². The summed E-state index contributed by atoms with van der Waals surface area (Å²) in [4.78, 5) is 25.0. The molecule has 0 bridgehead atoms. The number of carbonyl (C=O) groups is 2. The molecule has 0 aliphatic heterocycles. The van der Waals surface area contributed by atoms with Crippen LogP contribution in [-0.4, -0.2) is 62.0 Å². The van der Waals surface area contributed by atoms with Crippen molar-refractivity contribution in [1.29, 1.82) is 0 Å². The van der Waals surface area contributed by atoms with Crippen molar-refractivity contribution in [2.45, 2.75) is 38.4 Å². The SMILES string of the molecule is CCN(CC(=O)O)C1CC(NC(=O)c2cn(Cc3cccc(F)c3)nn2)C1. The fourth-order valence-corrected chi connectivity index (χ4v) is 3.24. The monoisotopic (exact) mass is 375 g/mol. The third-order valence-electron chi connectivity index (χ3n) is 4.71. The second-order valence-corrected chi connectivity index (χ2v) is 6.68. The van der Waals surface area contributed by atoms with Gasteiger partial charge in [0.15, 0.2) is 5.69 Å². The van der Waals surface area contributed by atoms with Crippen LogP contribution in [-0.2, 0) is 11.3 Å². The summed E-state index contributed by atoms with van der Waals surface area (Å²) in [5.74, 6) is -1.49. The largest absolute Gasteiger partial charge is 0.480 e. The number of hydrogen-bond donors (Lipinski definition) is 2. The van der Waals surface area contributed by atoms with Gasteiger partial charge in [-0.2, -0.15) is 0 Å². The molecule has 1 heterocycles. The van der Waals surface area contributed by atoms with Gasteiger partial charge in [-0.05, 0) is 37.1 Å². The van der Waals surface area contributed by atoms with Gasteiger partial charge in [-0.3, -0.25) is 14.5 Å². The molecule has 1 aliphatic carbocycles. The molecule has 0 saturated heterocycles. The smallest absolute Gasteiger partial charge is 0.317 e. The molecule has 8 nitrogen and oxygen atoms in total. The van der Waals surface area contributed by atoms with E-state index in [0.717, 1.165) is 5.56 Å². The predicted octanol–water partition coefficient (Wildman–Crippen LogP) is 1.13. The molecule has 0 spiro atoms. The van der Waals surface area contributed by atoms with Crippen molar-refractivity contribution in [3.05, 3.63) is 47.5 Å². The Hall–Kier alpha value is -2.81. The molecule has 1 aliphatic rings. The molecule has 2 N–H and O–H groups in total. The standard InChI is InChI=1S/C18H22FN5O3/c1-2-23(11-17(25)26)15-7-14(8-15)20-18(27)16-10-24(22-21-16)9-12-4-3-5-13(19)6-12/h3-6,10,14-15H,2,7-9,11H2,1H3,(H,20,27)(H,25,26). The van der Waals surface area contributed by atoms with Crippen LogP contribution in [0.25, 0.3) is 0 Å². The number of aliphatic carboxylic acids is 1. The van der Waals surface area contributed by atoms with Crippen LogP contribution in [0.5, 0.6) is 0 Å². The molecule has 0 atom stereocenters. The van der Waals surface area contributed by atoms with Crippen LogP contribution in [0.15, 0.2) is 30.5 Å². The highest BCUT2D eigenvalue weighted by molar-refractivity contribution is 5.92. The Morgan fingerprint density at radius 2 is 2.19 bits per heavy atom. The van der Waals surface area contributed by atoms with Crippen molar-refractivity contribution in [1.82, 2.24) is 25.2 Å². The zero-order valence-electron chi connectivity index (χ0n) is 15.0. The quantitative estimate of drug-likeness (QED) is 0.718. The minimum atomic E-state index is -0.848. The average molecular weight is 375 g/mol. The zero-order valence-corrected chi connectivity index (χ0v) is 15.0. The topological polar surface area (TPSA) is 100 Å². The molecule has 0 radical (unpaired) electrons. The summed E-state index contributed by atoms with van der Waals surface area (Å²) in [6.07, 6.45) is 2.95. The number of carboxylic acid groups (broad SMARTS) is 1. The van der Waals surface area contributed by atoms with Crippen LogP contribution in [0.1, 0.15) is 35.8 Å². The summed E-state index contributed by atoms with van der Waals surface area (Å²) in [5.41, 5.74) is 0.930. The van der Waals surface area contributed by atoms with Gasteiger partial charge in [-0.25, -0.2) is 9.07 Å². The Morgan fingerprint density at radius 1 is 1.41 bits per heavy atom. The minimum Gasteiger partial charge on any atom is -0.480 e. The van der Waals surface area contributed by atoms with E-state index in [9.17, 15) is 14.0 Å².